The highest BCUT2D eigenvalue weighted by molar-refractivity contribution is 5.83. The molecule has 0 fully saturated rings. The summed E-state index contributed by atoms with van der Waals surface area (Å²) in [6, 6.07) is 0. The highest BCUT2D eigenvalue weighted by Gasteiger charge is 2.87. The van der Waals surface area contributed by atoms with Crippen LogP contribution in [0.25, 0.3) is 0 Å². The molecule has 0 heterocycles. The van der Waals surface area contributed by atoms with Gasteiger partial charge >= 0.3 is 29.6 Å². The third-order valence-electron chi connectivity index (χ3n) is 2.52. The van der Waals surface area contributed by atoms with Gasteiger partial charge in [-0.15, -0.1) is 0 Å². The molecule has 2 N–H and O–H groups in total. The Morgan fingerprint density at radius 1 is 0.810 bits per heavy atom. The number of carbonyl (C=O) groups is 1. The molecular formula is C9H9F10NO. The Kier molecular flexibility index (Phi) is 4.89. The summed E-state index contributed by atoms with van der Waals surface area (Å²) in [6.07, 6.45) is -2.79. The lowest BCUT2D eigenvalue weighted by atomic mass is 9.92. The summed E-state index contributed by atoms with van der Waals surface area (Å²) in [7, 11) is 0. The van der Waals surface area contributed by atoms with Crippen LogP contribution < -0.4 is 5.73 Å². The first kappa shape index (κ1) is 19.8. The van der Waals surface area contributed by atoms with Crippen molar-refractivity contribution in [3.63, 3.8) is 0 Å². The Morgan fingerprint density at radius 2 is 1.19 bits per heavy atom. The van der Waals surface area contributed by atoms with Gasteiger partial charge in [-0.3, -0.25) is 4.79 Å². The number of alkyl halides is 10. The van der Waals surface area contributed by atoms with Crippen molar-refractivity contribution in [3.8, 4) is 0 Å². The van der Waals surface area contributed by atoms with Crippen molar-refractivity contribution in [1.29, 1.82) is 0 Å². The molecule has 0 aromatic heterocycles. The minimum absolute atomic E-state index is 0.823. The van der Waals surface area contributed by atoms with Crippen molar-refractivity contribution in [2.75, 3.05) is 0 Å². The van der Waals surface area contributed by atoms with Crippen molar-refractivity contribution in [2.24, 2.45) is 5.73 Å². The molecule has 0 aromatic carbocycles. The number of hydrogen-bond acceptors (Lipinski definition) is 1. The minimum atomic E-state index is -7.22. The molecule has 0 saturated heterocycles. The Hall–Kier alpha value is -1.23. The molecule has 21 heavy (non-hydrogen) atoms. The molecule has 0 aliphatic rings. The van der Waals surface area contributed by atoms with Gasteiger partial charge in [0.05, 0.1) is 0 Å². The number of amides is 1. The maximum absolute atomic E-state index is 13.0. The SMILES string of the molecule is CCCC(F)(F)C(F)(F)C(F)(F)C(F)(F)C(F)(F)C(N)=O. The van der Waals surface area contributed by atoms with E-state index in [-0.39, 0.29) is 0 Å². The van der Waals surface area contributed by atoms with E-state index in [4.69, 9.17) is 0 Å². The fourth-order valence-corrected chi connectivity index (χ4v) is 1.25. The van der Waals surface area contributed by atoms with Crippen LogP contribution in [0.5, 0.6) is 0 Å². The van der Waals surface area contributed by atoms with Gasteiger partial charge in [0.15, 0.2) is 0 Å². The maximum Gasteiger partial charge on any atom is 0.392 e. The molecule has 0 radical (unpaired) electrons. The topological polar surface area (TPSA) is 43.1 Å². The molecule has 0 aliphatic carbocycles. The summed E-state index contributed by atoms with van der Waals surface area (Å²) in [6.45, 7) is 0.846. The first-order valence-corrected chi connectivity index (χ1v) is 5.19. The van der Waals surface area contributed by atoms with Crippen LogP contribution in [0.3, 0.4) is 0 Å². The van der Waals surface area contributed by atoms with Crippen molar-refractivity contribution in [2.45, 2.75) is 49.4 Å². The van der Waals surface area contributed by atoms with Gasteiger partial charge in [0.1, 0.15) is 0 Å². The van der Waals surface area contributed by atoms with Crippen molar-refractivity contribution < 1.29 is 48.7 Å². The van der Waals surface area contributed by atoms with Gasteiger partial charge in [0.2, 0.25) is 0 Å². The quantitative estimate of drug-likeness (QED) is 0.711. The van der Waals surface area contributed by atoms with E-state index >= 15 is 0 Å². The van der Waals surface area contributed by atoms with E-state index in [0.717, 1.165) is 6.92 Å². The van der Waals surface area contributed by atoms with Crippen LogP contribution in [-0.4, -0.2) is 35.5 Å². The van der Waals surface area contributed by atoms with Crippen molar-refractivity contribution >= 4 is 5.91 Å². The maximum atomic E-state index is 13.0. The summed E-state index contributed by atoms with van der Waals surface area (Å²) in [5.74, 6) is -36.7. The average molecular weight is 337 g/mol. The second-order valence-electron chi connectivity index (χ2n) is 4.12. The highest BCUT2D eigenvalue weighted by atomic mass is 19.4. The van der Waals surface area contributed by atoms with E-state index in [1.807, 2.05) is 0 Å². The second-order valence-corrected chi connectivity index (χ2v) is 4.12. The van der Waals surface area contributed by atoms with Gasteiger partial charge in [-0.05, 0) is 0 Å². The summed E-state index contributed by atoms with van der Waals surface area (Å²) in [5, 5.41) is 0. The molecular weight excluding hydrogens is 328 g/mol. The summed E-state index contributed by atoms with van der Waals surface area (Å²) >= 11 is 0. The lowest BCUT2D eigenvalue weighted by molar-refractivity contribution is -0.395. The van der Waals surface area contributed by atoms with Crippen molar-refractivity contribution in [1.82, 2.24) is 0 Å². The minimum Gasteiger partial charge on any atom is -0.364 e. The normalized spacial score (nSPS) is 15.2. The van der Waals surface area contributed by atoms with Crippen LogP contribution in [0.4, 0.5) is 43.9 Å². The fraction of sp³-hybridized carbons (Fsp3) is 0.889. The number of primary amides is 1. The molecule has 0 aromatic rings. The molecule has 2 nitrogen and oxygen atoms in total. The molecule has 12 heteroatoms. The molecule has 0 saturated carbocycles. The van der Waals surface area contributed by atoms with Gasteiger partial charge in [-0.1, -0.05) is 13.3 Å². The predicted molar refractivity (Wildman–Crippen MR) is 48.8 cm³/mol. The van der Waals surface area contributed by atoms with E-state index in [9.17, 15) is 48.7 Å². The van der Waals surface area contributed by atoms with Crippen molar-refractivity contribution in [3.05, 3.63) is 0 Å². The second kappa shape index (κ2) is 5.20. The first-order valence-electron chi connectivity index (χ1n) is 5.19. The van der Waals surface area contributed by atoms with Crippen LogP contribution >= 0.6 is 0 Å². The van der Waals surface area contributed by atoms with Gasteiger partial charge in [0, 0.05) is 6.42 Å². The average Bonchev–Trinajstić information content (AvgIpc) is 2.27. The zero-order chi connectivity index (χ0) is 17.5. The number of halogens is 10. The Balaban J connectivity index is 6.02. The predicted octanol–water partition coefficient (Wildman–Crippen LogP) is 3.45. The van der Waals surface area contributed by atoms with Gasteiger partial charge in [-0.25, -0.2) is 0 Å². The molecule has 0 aliphatic heterocycles. The monoisotopic (exact) mass is 337 g/mol. The third-order valence-corrected chi connectivity index (χ3v) is 2.52. The first-order chi connectivity index (χ1) is 9.00. The van der Waals surface area contributed by atoms with E-state index in [2.05, 4.69) is 5.73 Å². The molecule has 0 bridgehead atoms. The van der Waals surface area contributed by atoms with Gasteiger partial charge < -0.3 is 5.73 Å². The van der Waals surface area contributed by atoms with E-state index in [0.29, 0.717) is 0 Å². The zero-order valence-electron chi connectivity index (χ0n) is 10.2. The van der Waals surface area contributed by atoms with E-state index in [1.165, 1.54) is 0 Å². The third kappa shape index (κ3) is 2.63. The van der Waals surface area contributed by atoms with Gasteiger partial charge in [0.25, 0.3) is 5.91 Å². The zero-order valence-corrected chi connectivity index (χ0v) is 10.2. The lowest BCUT2D eigenvalue weighted by Gasteiger charge is -2.38. The smallest absolute Gasteiger partial charge is 0.364 e. The largest absolute Gasteiger partial charge is 0.392 e. The lowest BCUT2D eigenvalue weighted by Crippen LogP contribution is -2.69. The van der Waals surface area contributed by atoms with Crippen LogP contribution in [-0.2, 0) is 4.79 Å². The Morgan fingerprint density at radius 3 is 1.48 bits per heavy atom. The van der Waals surface area contributed by atoms with E-state index < -0.39 is 48.4 Å². The molecule has 0 unspecified atom stereocenters. The molecule has 0 spiro atoms. The van der Waals surface area contributed by atoms with Crippen LogP contribution in [0, 0.1) is 0 Å². The van der Waals surface area contributed by atoms with Gasteiger partial charge in [-0.2, -0.15) is 43.9 Å². The molecule has 0 rings (SSSR count). The molecule has 0 atom stereocenters. The van der Waals surface area contributed by atoms with Crippen LogP contribution in [0.2, 0.25) is 0 Å². The number of rotatable bonds is 7. The molecule has 1 amide bonds. The Bertz CT molecular complexity index is 405. The Labute approximate surface area is 111 Å². The summed E-state index contributed by atoms with van der Waals surface area (Å²) in [4.78, 5) is 10.0. The summed E-state index contributed by atoms with van der Waals surface area (Å²) < 4.78 is 129. The van der Waals surface area contributed by atoms with E-state index in [1.54, 1.807) is 0 Å². The molecule has 126 valence electrons. The van der Waals surface area contributed by atoms with Crippen LogP contribution in [0.15, 0.2) is 0 Å². The highest BCUT2D eigenvalue weighted by Crippen LogP contribution is 2.57. The fourth-order valence-electron chi connectivity index (χ4n) is 1.25. The number of carbonyl (C=O) groups excluding carboxylic acids is 1. The van der Waals surface area contributed by atoms with Crippen LogP contribution in [0.1, 0.15) is 19.8 Å². The summed E-state index contributed by atoms with van der Waals surface area (Å²) in [5.41, 5.74) is 3.73. The number of hydrogen-bond donors (Lipinski definition) is 1. The number of nitrogens with two attached hydrogens (primary N) is 1. The standard InChI is InChI=1S/C9H9F10NO/c1-2-3-5(10,11)7(14,15)9(18,19)8(16,17)6(12,13)4(20)21/h2-3H2,1H3,(H2,20,21).